The van der Waals surface area contributed by atoms with Crippen molar-refractivity contribution in [2.45, 2.75) is 19.6 Å². The van der Waals surface area contributed by atoms with E-state index in [-0.39, 0.29) is 18.9 Å². The molecule has 1 aromatic rings. The van der Waals surface area contributed by atoms with Crippen LogP contribution in [0.4, 0.5) is 0 Å². The second-order valence-corrected chi connectivity index (χ2v) is 8.86. The van der Waals surface area contributed by atoms with Gasteiger partial charge in [0.05, 0.1) is 0 Å². The third-order valence-electron chi connectivity index (χ3n) is 1.75. The molecule has 0 N–H and O–H groups in total. The second kappa shape index (κ2) is 7.43. The van der Waals surface area contributed by atoms with Gasteiger partial charge in [-0.25, -0.2) is 5.26 Å². The van der Waals surface area contributed by atoms with Crippen LogP contribution in [0.25, 0.3) is 6.08 Å². The van der Waals surface area contributed by atoms with Gasteiger partial charge in [0.15, 0.2) is 8.32 Å². The van der Waals surface area contributed by atoms with Crippen LogP contribution >= 0.6 is 0 Å². The van der Waals surface area contributed by atoms with Gasteiger partial charge in [0.2, 0.25) is 0 Å². The van der Waals surface area contributed by atoms with Crippen molar-refractivity contribution in [1.82, 2.24) is 0 Å². The molecule has 0 atom stereocenters. The van der Waals surface area contributed by atoms with Crippen LogP contribution in [0.3, 0.4) is 0 Å². The van der Waals surface area contributed by atoms with Gasteiger partial charge < -0.3 is 4.43 Å². The maximum Gasteiger partial charge on any atom is 1.00 e. The topological polar surface area (TPSA) is 33.0 Å². The van der Waals surface area contributed by atoms with Crippen molar-refractivity contribution in [2.24, 2.45) is 0 Å². The van der Waals surface area contributed by atoms with E-state index in [1.165, 1.54) is 0 Å². The Bertz CT molecular complexity index is 392. The van der Waals surface area contributed by atoms with Crippen LogP contribution in [0, 0.1) is 17.4 Å². The van der Waals surface area contributed by atoms with Crippen molar-refractivity contribution in [3.8, 4) is 6.07 Å². The number of nitrogens with zero attached hydrogens (tertiary/aromatic N) is 1. The molecule has 1 aromatic carbocycles. The average Bonchev–Trinajstić information content (AvgIpc) is 2.24. The summed E-state index contributed by atoms with van der Waals surface area (Å²) in [7, 11) is -1.69. The predicted octanol–water partition coefficient (Wildman–Crippen LogP) is 0.611. The maximum absolute atomic E-state index is 8.93. The number of benzene rings is 1. The molecule has 0 fully saturated rings. The average molecular weight is 237 g/mol. The Kier molecular flexibility index (Phi) is 7.03. The first-order valence-electron chi connectivity index (χ1n) is 5.20. The van der Waals surface area contributed by atoms with Crippen molar-refractivity contribution >= 4 is 14.4 Å². The first kappa shape index (κ1) is 16.1. The summed E-state index contributed by atoms with van der Waals surface area (Å²) in [5, 5.41) is 8.93. The van der Waals surface area contributed by atoms with Crippen LogP contribution in [0.5, 0.6) is 0 Å². The molecule has 84 valence electrons. The molecule has 0 spiro atoms. The summed E-state index contributed by atoms with van der Waals surface area (Å²) in [6.07, 6.45) is 4.01. The van der Waals surface area contributed by atoms with Gasteiger partial charge in [-0.3, -0.25) is 0 Å². The number of hydrogen-bond donors (Lipinski definition) is 0. The first-order valence-corrected chi connectivity index (χ1v) is 8.61. The van der Waals surface area contributed by atoms with Gasteiger partial charge in [-0.05, 0) is 25.7 Å². The van der Waals surface area contributed by atoms with Crippen LogP contribution < -0.4 is 18.9 Å². The quantitative estimate of drug-likeness (QED) is 0.568. The zero-order valence-corrected chi connectivity index (χ0v) is 11.9. The third kappa shape index (κ3) is 7.10. The molecule has 0 amide bonds. The van der Waals surface area contributed by atoms with Crippen molar-refractivity contribution in [2.75, 3.05) is 0 Å². The monoisotopic (exact) mass is 237 g/mol. The Balaban J connectivity index is 0.00000256. The van der Waals surface area contributed by atoms with E-state index in [1.807, 2.05) is 36.4 Å². The van der Waals surface area contributed by atoms with E-state index in [9.17, 15) is 0 Å². The van der Waals surface area contributed by atoms with Crippen LogP contribution in [0.2, 0.25) is 19.6 Å². The van der Waals surface area contributed by atoms with Crippen molar-refractivity contribution in [3.63, 3.8) is 0 Å². The summed E-state index contributed by atoms with van der Waals surface area (Å²) < 4.78 is 5.62. The third-order valence-corrected chi connectivity index (χ3v) is 2.59. The van der Waals surface area contributed by atoms with Crippen LogP contribution in [0.1, 0.15) is 5.56 Å². The Morgan fingerprint density at radius 1 is 1.24 bits per heavy atom. The summed E-state index contributed by atoms with van der Waals surface area (Å²) in [6, 6.07) is 11.9. The number of rotatable bonds is 4. The van der Waals surface area contributed by atoms with Crippen molar-refractivity contribution < 1.29 is 23.3 Å². The molecule has 0 aliphatic rings. The maximum atomic E-state index is 8.93. The fourth-order valence-electron chi connectivity index (χ4n) is 1.16. The second-order valence-electron chi connectivity index (χ2n) is 4.43. The SMILES string of the molecule is C[Si](C)(C)O[C-](C#N)/C=C/c1ccccc1.[Li+]. The largest absolute Gasteiger partial charge is 1.00 e. The smallest absolute Gasteiger partial charge is 0.465 e. The molecule has 4 heteroatoms. The van der Waals surface area contributed by atoms with Gasteiger partial charge >= 0.3 is 18.9 Å². The van der Waals surface area contributed by atoms with E-state index in [0.29, 0.717) is 6.10 Å². The van der Waals surface area contributed by atoms with E-state index in [0.717, 1.165) is 5.56 Å². The summed E-state index contributed by atoms with van der Waals surface area (Å²) in [5.74, 6) is 0. The van der Waals surface area contributed by atoms with Crippen LogP contribution in [-0.4, -0.2) is 8.32 Å². The molecule has 2 nitrogen and oxygen atoms in total. The molecule has 17 heavy (non-hydrogen) atoms. The zero-order valence-electron chi connectivity index (χ0n) is 10.9. The standard InChI is InChI=1S/C13H16NOSi.Li/c1-16(2,3)15-13(11-14)10-9-12-7-5-4-6-8-12;/h4-10H,1-3H3;/q-1;+1/b10-9+;. The zero-order chi connectivity index (χ0) is 12.0. The van der Waals surface area contributed by atoms with E-state index < -0.39 is 8.32 Å². The van der Waals surface area contributed by atoms with Gasteiger partial charge in [-0.2, -0.15) is 12.2 Å². The molecule has 0 saturated carbocycles. The van der Waals surface area contributed by atoms with Gasteiger partial charge in [0.25, 0.3) is 0 Å². The summed E-state index contributed by atoms with van der Waals surface area (Å²) in [4.78, 5) is 0. The van der Waals surface area contributed by atoms with Crippen LogP contribution in [0.15, 0.2) is 36.4 Å². The predicted molar refractivity (Wildman–Crippen MR) is 68.8 cm³/mol. The van der Waals surface area contributed by atoms with Crippen molar-refractivity contribution in [1.29, 1.82) is 5.26 Å². The molecule has 0 bridgehead atoms. The van der Waals surface area contributed by atoms with E-state index >= 15 is 0 Å². The Hall–Kier alpha value is -0.906. The van der Waals surface area contributed by atoms with Gasteiger partial charge in [0.1, 0.15) is 0 Å². The molecular formula is C13H16LiNOSi. The van der Waals surface area contributed by atoms with Crippen LogP contribution in [-0.2, 0) is 4.43 Å². The van der Waals surface area contributed by atoms with E-state index in [2.05, 4.69) is 25.7 Å². The minimum Gasteiger partial charge on any atom is -0.465 e. The normalized spacial score (nSPS) is 10.7. The molecule has 1 rings (SSSR count). The molecule has 0 unspecified atom stereocenters. The molecule has 0 aliphatic carbocycles. The Labute approximate surface area is 117 Å². The first-order chi connectivity index (χ1) is 7.51. The molecule has 0 heterocycles. The fraction of sp³-hybridized carbons (Fsp3) is 0.231. The van der Waals surface area contributed by atoms with Gasteiger partial charge in [-0.15, -0.1) is 5.56 Å². The minimum atomic E-state index is -1.69. The molecule has 0 aromatic heterocycles. The Morgan fingerprint density at radius 3 is 2.29 bits per heavy atom. The van der Waals surface area contributed by atoms with E-state index in [1.54, 1.807) is 6.08 Å². The Morgan fingerprint density at radius 2 is 1.82 bits per heavy atom. The van der Waals surface area contributed by atoms with Gasteiger partial charge in [0, 0.05) is 6.07 Å². The fourth-order valence-corrected chi connectivity index (χ4v) is 1.93. The molecule has 0 radical (unpaired) electrons. The molecular weight excluding hydrogens is 221 g/mol. The van der Waals surface area contributed by atoms with Gasteiger partial charge in [-0.1, -0.05) is 30.3 Å². The minimum absolute atomic E-state index is 0. The number of nitriles is 1. The van der Waals surface area contributed by atoms with Crippen molar-refractivity contribution in [3.05, 3.63) is 48.1 Å². The summed E-state index contributed by atoms with van der Waals surface area (Å²) >= 11 is 0. The molecule has 0 aliphatic heterocycles. The molecule has 0 saturated heterocycles. The number of hydrogen-bond acceptors (Lipinski definition) is 2. The van der Waals surface area contributed by atoms with E-state index in [4.69, 9.17) is 9.69 Å². The summed E-state index contributed by atoms with van der Waals surface area (Å²) in [5.41, 5.74) is 1.06. The summed E-state index contributed by atoms with van der Waals surface area (Å²) in [6.45, 7) is 6.17.